The van der Waals surface area contributed by atoms with Crippen molar-refractivity contribution >= 4 is 17.7 Å². The molecule has 0 saturated heterocycles. The Labute approximate surface area is 68.4 Å². The Kier molecular flexibility index (Phi) is 15.5. The first-order valence-electron chi connectivity index (χ1n) is 3.72. The van der Waals surface area contributed by atoms with Crippen LogP contribution in [-0.4, -0.2) is 30.9 Å². The number of rotatable bonds is 2. The number of ether oxygens (including phenoxy) is 1. The molecular weight excluding hydrogens is 107 g/mol. The summed E-state index contributed by atoms with van der Waals surface area (Å²) in [5.74, 6) is 0. The second-order valence-electron chi connectivity index (χ2n) is 2.51. The Morgan fingerprint density at radius 1 is 1.22 bits per heavy atom. The summed E-state index contributed by atoms with van der Waals surface area (Å²) in [6, 6.07) is 0. The van der Waals surface area contributed by atoms with E-state index in [4.69, 9.17) is 4.74 Å². The van der Waals surface area contributed by atoms with E-state index >= 15 is 0 Å². The van der Waals surface area contributed by atoms with E-state index in [9.17, 15) is 0 Å². The Morgan fingerprint density at radius 3 is 1.44 bits per heavy atom. The van der Waals surface area contributed by atoms with Crippen LogP contribution < -0.4 is 0 Å². The van der Waals surface area contributed by atoms with Crippen molar-refractivity contribution in [1.29, 1.82) is 0 Å². The maximum absolute atomic E-state index is 4.83. The van der Waals surface area contributed by atoms with E-state index in [0.29, 0.717) is 0 Å². The standard InChI is InChI=1S/C4H10O.C3H7.Li/c1-3-5-4-2;1-3-2;/h3-4H2,1-2H3;3H,1-2H3;. The van der Waals surface area contributed by atoms with Gasteiger partial charge < -0.3 is 4.74 Å². The maximum atomic E-state index is 4.83. The fourth-order valence-corrected chi connectivity index (χ4v) is 0.204. The molecule has 1 nitrogen and oxygen atoms in total. The molecule has 9 heavy (non-hydrogen) atoms. The average Bonchev–Trinajstić information content (AvgIpc) is 1.66. The van der Waals surface area contributed by atoms with E-state index < -0.39 is 0 Å². The molecular formula is C7H17LiO. The van der Waals surface area contributed by atoms with Gasteiger partial charge in [-0.25, -0.2) is 0 Å². The molecule has 0 aromatic carbocycles. The van der Waals surface area contributed by atoms with Gasteiger partial charge in [0.2, 0.25) is 0 Å². The van der Waals surface area contributed by atoms with Crippen molar-refractivity contribution in [2.45, 2.75) is 32.3 Å². The molecule has 0 bridgehead atoms. The van der Waals surface area contributed by atoms with Gasteiger partial charge >= 0.3 is 36.2 Å². The second-order valence-corrected chi connectivity index (χ2v) is 2.51. The summed E-state index contributed by atoms with van der Waals surface area (Å²) in [5, 5.41) is 0. The van der Waals surface area contributed by atoms with E-state index in [-0.39, 0.29) is 0 Å². The van der Waals surface area contributed by atoms with Crippen molar-refractivity contribution in [3.8, 4) is 0 Å². The predicted octanol–water partition coefficient (Wildman–Crippen LogP) is 2.03. The minimum absolute atomic E-state index is 0.833. The van der Waals surface area contributed by atoms with E-state index in [0.717, 1.165) is 17.8 Å². The van der Waals surface area contributed by atoms with Crippen molar-refractivity contribution in [1.82, 2.24) is 0 Å². The van der Waals surface area contributed by atoms with Crippen LogP contribution in [0.3, 0.4) is 0 Å². The molecule has 0 aliphatic heterocycles. The van der Waals surface area contributed by atoms with Crippen molar-refractivity contribution < 1.29 is 4.74 Å². The summed E-state index contributed by atoms with van der Waals surface area (Å²) in [5.41, 5.74) is 0. The first-order chi connectivity index (χ1) is 4.15. The summed E-state index contributed by atoms with van der Waals surface area (Å²) in [6.07, 6.45) is 0. The molecule has 0 aliphatic rings. The van der Waals surface area contributed by atoms with Gasteiger partial charge in [0.25, 0.3) is 0 Å². The van der Waals surface area contributed by atoms with Crippen LogP contribution in [0, 0.1) is 0 Å². The molecule has 0 radical (unpaired) electrons. The van der Waals surface area contributed by atoms with Gasteiger partial charge in [-0.3, -0.25) is 0 Å². The third kappa shape index (κ3) is 56.3. The van der Waals surface area contributed by atoms with Crippen LogP contribution in [0.2, 0.25) is 4.59 Å². The van der Waals surface area contributed by atoms with Crippen LogP contribution in [0.1, 0.15) is 27.7 Å². The molecule has 0 unspecified atom stereocenters. The van der Waals surface area contributed by atoms with Gasteiger partial charge in [-0.2, -0.15) is 0 Å². The van der Waals surface area contributed by atoms with Gasteiger partial charge in [-0.05, 0) is 13.8 Å². The van der Waals surface area contributed by atoms with Crippen LogP contribution in [0.15, 0.2) is 0 Å². The zero-order valence-electron chi connectivity index (χ0n) is 7.40. The Hall–Kier alpha value is 0.557. The summed E-state index contributed by atoms with van der Waals surface area (Å²) >= 11 is 2.17. The first-order valence-corrected chi connectivity index (χ1v) is 3.72. The zero-order chi connectivity index (χ0) is 7.70. The third-order valence-corrected chi connectivity index (χ3v) is 0.408. The van der Waals surface area contributed by atoms with Gasteiger partial charge in [0.1, 0.15) is 0 Å². The molecule has 0 rings (SSSR count). The molecule has 0 heterocycles. The quantitative estimate of drug-likeness (QED) is 0.512. The van der Waals surface area contributed by atoms with Gasteiger partial charge in [0.15, 0.2) is 0 Å². The molecule has 0 amide bonds. The van der Waals surface area contributed by atoms with Crippen molar-refractivity contribution in [3.63, 3.8) is 0 Å². The Morgan fingerprint density at radius 2 is 1.44 bits per heavy atom. The van der Waals surface area contributed by atoms with Crippen LogP contribution in [-0.2, 0) is 4.74 Å². The van der Waals surface area contributed by atoms with Gasteiger partial charge in [-0.1, -0.05) is 0 Å². The van der Waals surface area contributed by atoms with Gasteiger partial charge in [0, 0.05) is 13.2 Å². The van der Waals surface area contributed by atoms with Crippen molar-refractivity contribution in [3.05, 3.63) is 0 Å². The van der Waals surface area contributed by atoms with Crippen LogP contribution in [0.4, 0.5) is 0 Å². The second kappa shape index (κ2) is 11.4. The van der Waals surface area contributed by atoms with Gasteiger partial charge in [-0.15, -0.1) is 0 Å². The third-order valence-electron chi connectivity index (χ3n) is 0.408. The number of hydrogen-bond donors (Lipinski definition) is 0. The van der Waals surface area contributed by atoms with Crippen LogP contribution in [0.25, 0.3) is 0 Å². The normalized spacial score (nSPS) is 8.78. The van der Waals surface area contributed by atoms with Crippen LogP contribution >= 0.6 is 0 Å². The summed E-state index contributed by atoms with van der Waals surface area (Å²) in [4.78, 5) is 0. The molecule has 2 heteroatoms. The minimum atomic E-state index is 0.833. The molecule has 0 atom stereocenters. The predicted molar refractivity (Wildman–Crippen MR) is 43.0 cm³/mol. The van der Waals surface area contributed by atoms with Crippen molar-refractivity contribution in [2.24, 2.45) is 0 Å². The molecule has 0 aliphatic carbocycles. The first kappa shape index (κ1) is 12.3. The number of hydrogen-bond acceptors (Lipinski definition) is 1. The Balaban J connectivity index is 0. The van der Waals surface area contributed by atoms with E-state index in [1.165, 1.54) is 0 Å². The molecule has 0 saturated carbocycles. The van der Waals surface area contributed by atoms with Crippen LogP contribution in [0.5, 0.6) is 0 Å². The van der Waals surface area contributed by atoms with Gasteiger partial charge in [0.05, 0.1) is 0 Å². The molecule has 52 valence electrons. The summed E-state index contributed by atoms with van der Waals surface area (Å²) in [6.45, 7) is 10.00. The fourth-order valence-electron chi connectivity index (χ4n) is 0.204. The fraction of sp³-hybridized carbons (Fsp3) is 1.00. The molecule has 0 spiro atoms. The molecule has 0 aromatic heterocycles. The average molecular weight is 124 g/mol. The summed E-state index contributed by atoms with van der Waals surface area (Å²) < 4.78 is 5.67. The monoisotopic (exact) mass is 124 g/mol. The zero-order valence-corrected chi connectivity index (χ0v) is 7.40. The SMILES string of the molecule is CCOCC.[Li][CH](C)C. The summed E-state index contributed by atoms with van der Waals surface area (Å²) in [7, 11) is 0. The van der Waals surface area contributed by atoms with E-state index in [1.54, 1.807) is 0 Å². The van der Waals surface area contributed by atoms with E-state index in [2.05, 4.69) is 31.6 Å². The van der Waals surface area contributed by atoms with Crippen molar-refractivity contribution in [2.75, 3.05) is 13.2 Å². The molecule has 0 aromatic rings. The molecule has 0 fully saturated rings. The Bertz CT molecular complexity index is 33.1. The van der Waals surface area contributed by atoms with E-state index in [1.807, 2.05) is 13.8 Å². The molecule has 0 N–H and O–H groups in total. The topological polar surface area (TPSA) is 9.23 Å².